The molecule has 0 N–H and O–H groups in total. The van der Waals surface area contributed by atoms with E-state index in [1.807, 2.05) is 0 Å². The Morgan fingerprint density at radius 1 is 1.61 bits per heavy atom. The topological polar surface area (TPSA) is 56.6 Å². The molecule has 2 heterocycles. The molecule has 2 rings (SSSR count). The summed E-state index contributed by atoms with van der Waals surface area (Å²) in [5, 5.41) is 9.12. The first-order chi connectivity index (χ1) is 8.57. The van der Waals surface area contributed by atoms with Crippen molar-refractivity contribution >= 4 is 5.91 Å². The molecule has 0 aliphatic carbocycles. The number of rotatable bonds is 3. The fourth-order valence-electron chi connectivity index (χ4n) is 2.80. The third kappa shape index (κ3) is 2.50. The highest BCUT2D eigenvalue weighted by molar-refractivity contribution is 5.86. The molecule has 0 aromatic heterocycles. The lowest BCUT2D eigenvalue weighted by Crippen LogP contribution is -2.54. The number of carbonyl (C=O) groups is 1. The summed E-state index contributed by atoms with van der Waals surface area (Å²) >= 11 is 0. The zero-order chi connectivity index (χ0) is 13.2. The first-order valence-electron chi connectivity index (χ1n) is 6.50. The Balaban J connectivity index is 1.89. The molecule has 0 aromatic rings. The molecule has 0 aromatic carbocycles. The summed E-state index contributed by atoms with van der Waals surface area (Å²) in [6.45, 7) is 3.42. The van der Waals surface area contributed by atoms with Gasteiger partial charge in [0.15, 0.2) is 5.41 Å². The predicted molar refractivity (Wildman–Crippen MR) is 66.7 cm³/mol. The third-order valence-corrected chi connectivity index (χ3v) is 3.92. The summed E-state index contributed by atoms with van der Waals surface area (Å²) in [6, 6.07) is 2.11. The molecule has 1 amide bonds. The smallest absolute Gasteiger partial charge is 0.247 e. The van der Waals surface area contributed by atoms with E-state index < -0.39 is 5.41 Å². The highest BCUT2D eigenvalue weighted by Crippen LogP contribution is 2.29. The second-order valence-electron chi connectivity index (χ2n) is 5.64. The van der Waals surface area contributed by atoms with Gasteiger partial charge >= 0.3 is 0 Å². The molecule has 2 fully saturated rings. The SMILES string of the molecule is CN1CCCC(CN(C)C(=O)C2(C#N)COC2)C1. The Kier molecular flexibility index (Phi) is 3.88. The number of carbonyl (C=O) groups excluding carboxylic acids is 1. The summed E-state index contributed by atoms with van der Waals surface area (Å²) in [7, 11) is 3.92. The standard InChI is InChI=1S/C13H21N3O2/c1-15-5-3-4-11(6-15)7-16(2)12(17)13(8-14)9-18-10-13/h11H,3-7,9-10H2,1-2H3. The van der Waals surface area contributed by atoms with Crippen molar-refractivity contribution in [1.82, 2.24) is 9.80 Å². The molecular formula is C13H21N3O2. The molecule has 18 heavy (non-hydrogen) atoms. The Morgan fingerprint density at radius 2 is 2.33 bits per heavy atom. The second-order valence-corrected chi connectivity index (χ2v) is 5.64. The van der Waals surface area contributed by atoms with Crippen LogP contribution < -0.4 is 0 Å². The lowest BCUT2D eigenvalue weighted by Gasteiger charge is -2.38. The molecule has 0 spiro atoms. The van der Waals surface area contributed by atoms with Gasteiger partial charge in [0, 0.05) is 20.1 Å². The van der Waals surface area contributed by atoms with Crippen LogP contribution in [0.2, 0.25) is 0 Å². The normalized spacial score (nSPS) is 27.1. The van der Waals surface area contributed by atoms with Crippen molar-refractivity contribution in [2.24, 2.45) is 11.3 Å². The Morgan fingerprint density at radius 3 is 2.83 bits per heavy atom. The zero-order valence-corrected chi connectivity index (χ0v) is 11.2. The molecule has 5 heteroatoms. The first kappa shape index (κ1) is 13.3. The number of hydrogen-bond acceptors (Lipinski definition) is 4. The zero-order valence-electron chi connectivity index (χ0n) is 11.2. The van der Waals surface area contributed by atoms with Gasteiger partial charge in [0.25, 0.3) is 0 Å². The fraction of sp³-hybridized carbons (Fsp3) is 0.846. The van der Waals surface area contributed by atoms with Gasteiger partial charge in [-0.1, -0.05) is 0 Å². The van der Waals surface area contributed by atoms with E-state index in [4.69, 9.17) is 10.00 Å². The minimum Gasteiger partial charge on any atom is -0.377 e. The van der Waals surface area contributed by atoms with E-state index in [-0.39, 0.29) is 19.1 Å². The van der Waals surface area contributed by atoms with E-state index in [0.29, 0.717) is 5.92 Å². The molecule has 1 unspecified atom stereocenters. The monoisotopic (exact) mass is 251 g/mol. The maximum absolute atomic E-state index is 12.2. The minimum absolute atomic E-state index is 0.0792. The molecule has 1 atom stereocenters. The van der Waals surface area contributed by atoms with Crippen LogP contribution in [-0.2, 0) is 9.53 Å². The van der Waals surface area contributed by atoms with Gasteiger partial charge in [0.1, 0.15) is 0 Å². The summed E-state index contributed by atoms with van der Waals surface area (Å²) in [5.41, 5.74) is -0.907. The maximum atomic E-state index is 12.2. The van der Waals surface area contributed by atoms with Gasteiger partial charge in [-0.15, -0.1) is 0 Å². The van der Waals surface area contributed by atoms with Crippen LogP contribution in [0.15, 0.2) is 0 Å². The molecule has 5 nitrogen and oxygen atoms in total. The van der Waals surface area contributed by atoms with Crippen LogP contribution in [0.3, 0.4) is 0 Å². The number of ether oxygens (including phenoxy) is 1. The lowest BCUT2D eigenvalue weighted by atomic mass is 9.86. The number of nitriles is 1. The summed E-state index contributed by atoms with van der Waals surface area (Å²) in [5.74, 6) is 0.443. The number of hydrogen-bond donors (Lipinski definition) is 0. The summed E-state index contributed by atoms with van der Waals surface area (Å²) in [4.78, 5) is 16.3. The van der Waals surface area contributed by atoms with Crippen LogP contribution >= 0.6 is 0 Å². The van der Waals surface area contributed by atoms with Crippen molar-refractivity contribution in [2.75, 3.05) is 46.9 Å². The van der Waals surface area contributed by atoms with Gasteiger partial charge < -0.3 is 14.5 Å². The van der Waals surface area contributed by atoms with Gasteiger partial charge in [-0.2, -0.15) is 5.26 Å². The first-order valence-corrected chi connectivity index (χ1v) is 6.50. The van der Waals surface area contributed by atoms with Crippen LogP contribution in [0.5, 0.6) is 0 Å². The van der Waals surface area contributed by atoms with Gasteiger partial charge in [0.05, 0.1) is 19.3 Å². The lowest BCUT2D eigenvalue weighted by molar-refractivity contribution is -0.160. The van der Waals surface area contributed by atoms with Crippen molar-refractivity contribution in [3.8, 4) is 6.07 Å². The molecule has 0 bridgehead atoms. The number of nitrogens with zero attached hydrogens (tertiary/aromatic N) is 3. The number of amides is 1. The van der Waals surface area contributed by atoms with Crippen LogP contribution in [0.4, 0.5) is 0 Å². The Bertz CT molecular complexity index is 360. The average molecular weight is 251 g/mol. The molecule has 0 radical (unpaired) electrons. The van der Waals surface area contributed by atoms with E-state index in [2.05, 4.69) is 18.0 Å². The summed E-state index contributed by atoms with van der Waals surface area (Å²) in [6.07, 6.45) is 2.35. The van der Waals surface area contributed by atoms with Crippen LogP contribution in [0.1, 0.15) is 12.8 Å². The Labute approximate surface area is 108 Å². The van der Waals surface area contributed by atoms with E-state index in [0.717, 1.165) is 26.1 Å². The Hall–Kier alpha value is -1.12. The van der Waals surface area contributed by atoms with Crippen LogP contribution in [-0.4, -0.2) is 62.7 Å². The molecule has 0 saturated carbocycles. The van der Waals surface area contributed by atoms with Gasteiger partial charge in [-0.05, 0) is 32.4 Å². The van der Waals surface area contributed by atoms with Crippen molar-refractivity contribution in [3.05, 3.63) is 0 Å². The van der Waals surface area contributed by atoms with Gasteiger partial charge in [-0.25, -0.2) is 0 Å². The molecule has 2 aliphatic rings. The van der Waals surface area contributed by atoms with E-state index in [9.17, 15) is 4.79 Å². The minimum atomic E-state index is -0.907. The van der Waals surface area contributed by atoms with Gasteiger partial charge in [0.2, 0.25) is 5.91 Å². The number of piperidine rings is 1. The van der Waals surface area contributed by atoms with E-state index in [1.165, 1.54) is 6.42 Å². The molecule has 2 aliphatic heterocycles. The fourth-order valence-corrected chi connectivity index (χ4v) is 2.80. The maximum Gasteiger partial charge on any atom is 0.247 e. The number of likely N-dealkylation sites (tertiary alicyclic amines) is 1. The van der Waals surface area contributed by atoms with Crippen LogP contribution in [0.25, 0.3) is 0 Å². The summed E-state index contributed by atoms with van der Waals surface area (Å²) < 4.78 is 5.03. The predicted octanol–water partition coefficient (Wildman–Crippen LogP) is 0.327. The van der Waals surface area contributed by atoms with Crippen molar-refractivity contribution in [1.29, 1.82) is 5.26 Å². The van der Waals surface area contributed by atoms with E-state index in [1.54, 1.807) is 11.9 Å². The largest absolute Gasteiger partial charge is 0.377 e. The van der Waals surface area contributed by atoms with Crippen molar-refractivity contribution < 1.29 is 9.53 Å². The third-order valence-electron chi connectivity index (χ3n) is 3.92. The van der Waals surface area contributed by atoms with E-state index >= 15 is 0 Å². The van der Waals surface area contributed by atoms with Crippen molar-refractivity contribution in [3.63, 3.8) is 0 Å². The van der Waals surface area contributed by atoms with Crippen molar-refractivity contribution in [2.45, 2.75) is 12.8 Å². The molecule has 100 valence electrons. The highest BCUT2D eigenvalue weighted by atomic mass is 16.5. The molecule has 2 saturated heterocycles. The second kappa shape index (κ2) is 5.25. The highest BCUT2D eigenvalue weighted by Gasteiger charge is 2.48. The average Bonchev–Trinajstić information content (AvgIpc) is 2.28. The van der Waals surface area contributed by atoms with Crippen LogP contribution in [0, 0.1) is 22.7 Å². The quantitative estimate of drug-likeness (QED) is 0.725. The van der Waals surface area contributed by atoms with Gasteiger partial charge in [-0.3, -0.25) is 4.79 Å². The molecular weight excluding hydrogens is 230 g/mol.